The third kappa shape index (κ3) is 2.54. The fourth-order valence-electron chi connectivity index (χ4n) is 1.94. The maximum absolute atomic E-state index is 6.25. The van der Waals surface area contributed by atoms with Crippen molar-refractivity contribution < 1.29 is 0 Å². The first kappa shape index (κ1) is 12.6. The zero-order valence-electron chi connectivity index (χ0n) is 10.2. The van der Waals surface area contributed by atoms with Crippen molar-refractivity contribution in [1.29, 1.82) is 0 Å². The molecule has 0 aliphatic heterocycles. The van der Waals surface area contributed by atoms with E-state index < -0.39 is 0 Å². The summed E-state index contributed by atoms with van der Waals surface area (Å²) in [6.45, 7) is 2.00. The van der Waals surface area contributed by atoms with Gasteiger partial charge in [0.05, 0.1) is 5.69 Å². The van der Waals surface area contributed by atoms with E-state index in [2.05, 4.69) is 27.9 Å². The van der Waals surface area contributed by atoms with Crippen LogP contribution in [0.1, 0.15) is 22.2 Å². The van der Waals surface area contributed by atoms with Crippen LogP contribution in [0.25, 0.3) is 0 Å². The predicted molar refractivity (Wildman–Crippen MR) is 72.8 cm³/mol. The highest BCUT2D eigenvalue weighted by molar-refractivity contribution is 7.10. The number of nitrogens with zero attached hydrogens (tertiary/aromatic N) is 2. The van der Waals surface area contributed by atoms with Gasteiger partial charge in [-0.3, -0.25) is 4.68 Å². The van der Waals surface area contributed by atoms with E-state index in [-0.39, 0.29) is 0 Å². The third-order valence-electron chi connectivity index (χ3n) is 2.91. The first-order valence-corrected chi connectivity index (χ1v) is 6.78. The van der Waals surface area contributed by atoms with E-state index in [1.807, 2.05) is 21.0 Å². The minimum atomic E-state index is 0.301. The number of hydrogen-bond donors (Lipinski definition) is 1. The molecule has 2 aromatic heterocycles. The van der Waals surface area contributed by atoms with E-state index >= 15 is 0 Å². The Morgan fingerprint density at radius 2 is 2.35 bits per heavy atom. The van der Waals surface area contributed by atoms with Gasteiger partial charge in [-0.2, -0.15) is 5.10 Å². The molecule has 17 heavy (non-hydrogen) atoms. The number of aromatic nitrogens is 2. The van der Waals surface area contributed by atoms with E-state index in [1.54, 1.807) is 16.0 Å². The summed E-state index contributed by atoms with van der Waals surface area (Å²) in [6, 6.07) is 4.52. The van der Waals surface area contributed by atoms with Crippen LogP contribution in [0.2, 0.25) is 5.15 Å². The van der Waals surface area contributed by atoms with Crippen LogP contribution in [0.15, 0.2) is 17.5 Å². The summed E-state index contributed by atoms with van der Waals surface area (Å²) in [6.07, 6.45) is 0.871. The highest BCUT2D eigenvalue weighted by Gasteiger charge is 2.17. The quantitative estimate of drug-likeness (QED) is 0.925. The molecule has 2 heterocycles. The van der Waals surface area contributed by atoms with Gasteiger partial charge in [0.1, 0.15) is 5.15 Å². The monoisotopic (exact) mass is 269 g/mol. The van der Waals surface area contributed by atoms with Crippen molar-refractivity contribution in [1.82, 2.24) is 15.1 Å². The van der Waals surface area contributed by atoms with Crippen molar-refractivity contribution in [3.05, 3.63) is 38.8 Å². The lowest BCUT2D eigenvalue weighted by Gasteiger charge is -2.14. The summed E-state index contributed by atoms with van der Waals surface area (Å²) in [4.78, 5) is 1.33. The Balaban J connectivity index is 2.24. The smallest absolute Gasteiger partial charge is 0.130 e. The molecule has 0 amide bonds. The molecular weight excluding hydrogens is 254 g/mol. The van der Waals surface area contributed by atoms with E-state index in [9.17, 15) is 0 Å². The summed E-state index contributed by atoms with van der Waals surface area (Å²) < 4.78 is 1.73. The first-order chi connectivity index (χ1) is 8.13. The first-order valence-electron chi connectivity index (χ1n) is 5.52. The van der Waals surface area contributed by atoms with Crippen LogP contribution >= 0.6 is 22.9 Å². The van der Waals surface area contributed by atoms with Crippen molar-refractivity contribution in [3.63, 3.8) is 0 Å². The molecule has 0 aromatic carbocycles. The highest BCUT2D eigenvalue weighted by atomic mass is 35.5. The van der Waals surface area contributed by atoms with Crippen LogP contribution in [-0.2, 0) is 13.5 Å². The van der Waals surface area contributed by atoms with E-state index in [1.165, 1.54) is 4.88 Å². The van der Waals surface area contributed by atoms with Crippen LogP contribution in [0.3, 0.4) is 0 Å². The lowest BCUT2D eigenvalue weighted by atomic mass is 10.1. The SMILES string of the molecule is CNC(Cc1c(C)nn(C)c1Cl)c1cccs1. The van der Waals surface area contributed by atoms with E-state index in [0.717, 1.165) is 22.8 Å². The van der Waals surface area contributed by atoms with Crippen LogP contribution in [-0.4, -0.2) is 16.8 Å². The number of nitrogens with one attached hydrogen (secondary N) is 1. The summed E-state index contributed by atoms with van der Waals surface area (Å²) in [5.41, 5.74) is 2.14. The molecule has 1 unspecified atom stereocenters. The Morgan fingerprint density at radius 1 is 1.59 bits per heavy atom. The van der Waals surface area contributed by atoms with Gasteiger partial charge in [0.25, 0.3) is 0 Å². The Bertz CT molecular complexity index is 490. The van der Waals surface area contributed by atoms with Gasteiger partial charge in [-0.25, -0.2) is 0 Å². The van der Waals surface area contributed by atoms with Gasteiger partial charge in [0.2, 0.25) is 0 Å². The molecule has 92 valence electrons. The van der Waals surface area contributed by atoms with Gasteiger partial charge in [-0.05, 0) is 31.8 Å². The largest absolute Gasteiger partial charge is 0.312 e. The van der Waals surface area contributed by atoms with Gasteiger partial charge < -0.3 is 5.32 Å². The lowest BCUT2D eigenvalue weighted by molar-refractivity contribution is 0.600. The van der Waals surface area contributed by atoms with Gasteiger partial charge in [-0.1, -0.05) is 17.7 Å². The molecule has 0 saturated heterocycles. The van der Waals surface area contributed by atoms with Gasteiger partial charge in [-0.15, -0.1) is 11.3 Å². The topological polar surface area (TPSA) is 29.9 Å². The lowest BCUT2D eigenvalue weighted by Crippen LogP contribution is -2.18. The molecule has 0 spiro atoms. The average Bonchev–Trinajstić information content (AvgIpc) is 2.89. The molecule has 1 atom stereocenters. The molecule has 0 fully saturated rings. The Morgan fingerprint density at radius 3 is 2.82 bits per heavy atom. The molecule has 0 bridgehead atoms. The number of thiophene rings is 1. The molecule has 2 rings (SSSR count). The van der Waals surface area contributed by atoms with Gasteiger partial charge in [0, 0.05) is 23.5 Å². The zero-order chi connectivity index (χ0) is 12.4. The fourth-order valence-corrected chi connectivity index (χ4v) is 3.03. The highest BCUT2D eigenvalue weighted by Crippen LogP contribution is 2.27. The number of halogens is 1. The summed E-state index contributed by atoms with van der Waals surface area (Å²) in [5, 5.41) is 10.5. The Hall–Kier alpha value is -0.840. The van der Waals surface area contributed by atoms with Crippen molar-refractivity contribution in [2.45, 2.75) is 19.4 Å². The van der Waals surface area contributed by atoms with Crippen LogP contribution in [0.4, 0.5) is 0 Å². The van der Waals surface area contributed by atoms with Crippen molar-refractivity contribution >= 4 is 22.9 Å². The molecule has 5 heteroatoms. The zero-order valence-corrected chi connectivity index (χ0v) is 11.8. The normalized spacial score (nSPS) is 12.9. The number of hydrogen-bond acceptors (Lipinski definition) is 3. The number of rotatable bonds is 4. The summed E-state index contributed by atoms with van der Waals surface area (Å²) in [7, 11) is 3.85. The number of aryl methyl sites for hydroxylation is 2. The molecular formula is C12H16ClN3S. The maximum atomic E-state index is 6.25. The van der Waals surface area contributed by atoms with Crippen LogP contribution in [0, 0.1) is 6.92 Å². The van der Waals surface area contributed by atoms with Crippen molar-refractivity contribution in [2.24, 2.45) is 7.05 Å². The molecule has 0 radical (unpaired) electrons. The van der Waals surface area contributed by atoms with Crippen LogP contribution in [0.5, 0.6) is 0 Å². The van der Waals surface area contributed by atoms with Gasteiger partial charge >= 0.3 is 0 Å². The van der Waals surface area contributed by atoms with Crippen molar-refractivity contribution in [3.8, 4) is 0 Å². The minimum Gasteiger partial charge on any atom is -0.312 e. The molecule has 2 aromatic rings. The fraction of sp³-hybridized carbons (Fsp3) is 0.417. The standard InChI is InChI=1S/C12H16ClN3S/c1-8-9(12(13)16(3)15-8)7-10(14-2)11-5-4-6-17-11/h4-6,10,14H,7H2,1-3H3. The minimum absolute atomic E-state index is 0.301. The van der Waals surface area contributed by atoms with E-state index in [0.29, 0.717) is 6.04 Å². The molecule has 0 saturated carbocycles. The van der Waals surface area contributed by atoms with Crippen LogP contribution < -0.4 is 5.32 Å². The van der Waals surface area contributed by atoms with Gasteiger partial charge in [0.15, 0.2) is 0 Å². The third-order valence-corrected chi connectivity index (χ3v) is 4.37. The average molecular weight is 270 g/mol. The number of likely N-dealkylation sites (N-methyl/N-ethyl adjacent to an activating group) is 1. The van der Waals surface area contributed by atoms with E-state index in [4.69, 9.17) is 11.6 Å². The predicted octanol–water partition coefficient (Wildman–Crippen LogP) is 2.95. The Labute approximate surface area is 110 Å². The molecule has 1 N–H and O–H groups in total. The Kier molecular flexibility index (Phi) is 3.86. The molecule has 0 aliphatic carbocycles. The maximum Gasteiger partial charge on any atom is 0.130 e. The molecule has 0 aliphatic rings. The second-order valence-electron chi connectivity index (χ2n) is 4.04. The summed E-state index contributed by atoms with van der Waals surface area (Å²) >= 11 is 8.01. The van der Waals surface area contributed by atoms with Crippen molar-refractivity contribution in [2.75, 3.05) is 7.05 Å². The second-order valence-corrected chi connectivity index (χ2v) is 5.38. The second kappa shape index (κ2) is 5.21. The molecule has 3 nitrogen and oxygen atoms in total. The summed E-state index contributed by atoms with van der Waals surface area (Å²) in [5.74, 6) is 0.